The highest BCUT2D eigenvalue weighted by molar-refractivity contribution is 5.66. The average Bonchev–Trinajstić information content (AvgIpc) is 2.75. The van der Waals surface area contributed by atoms with Crippen molar-refractivity contribution in [3.63, 3.8) is 0 Å². The Morgan fingerprint density at radius 3 is 2.50 bits per heavy atom. The second-order valence-electron chi connectivity index (χ2n) is 7.52. The Kier molecular flexibility index (Phi) is 8.16. The van der Waals surface area contributed by atoms with Crippen LogP contribution in [0.1, 0.15) is 57.4 Å². The summed E-state index contributed by atoms with van der Waals surface area (Å²) in [6.07, 6.45) is 4.50. The summed E-state index contributed by atoms with van der Waals surface area (Å²) in [6, 6.07) is 7.26. The second-order valence-corrected chi connectivity index (χ2v) is 7.52. The van der Waals surface area contributed by atoms with Gasteiger partial charge in [0.25, 0.3) is 0 Å². The van der Waals surface area contributed by atoms with Crippen LogP contribution in [0.15, 0.2) is 30.3 Å². The highest BCUT2D eigenvalue weighted by Crippen LogP contribution is 2.34. The molecule has 0 spiro atoms. The molecular formula is C24H29F3O3. The van der Waals surface area contributed by atoms with E-state index in [1.807, 2.05) is 0 Å². The molecule has 0 amide bonds. The Balaban J connectivity index is 1.66. The molecule has 3 rings (SSSR count). The highest BCUT2D eigenvalue weighted by atomic mass is 19.2. The summed E-state index contributed by atoms with van der Waals surface area (Å²) < 4.78 is 59.9. The van der Waals surface area contributed by atoms with Gasteiger partial charge in [-0.25, -0.2) is 8.78 Å². The molecule has 2 atom stereocenters. The van der Waals surface area contributed by atoms with Crippen LogP contribution in [-0.4, -0.2) is 26.1 Å². The van der Waals surface area contributed by atoms with Gasteiger partial charge in [0.05, 0.1) is 13.2 Å². The van der Waals surface area contributed by atoms with Gasteiger partial charge < -0.3 is 14.2 Å². The van der Waals surface area contributed by atoms with E-state index in [1.54, 1.807) is 19.1 Å². The number of ether oxygens (including phenoxy) is 3. The third-order valence-electron chi connectivity index (χ3n) is 5.38. The Morgan fingerprint density at radius 2 is 1.83 bits per heavy atom. The molecule has 0 N–H and O–H groups in total. The summed E-state index contributed by atoms with van der Waals surface area (Å²) >= 11 is 0. The number of benzene rings is 2. The van der Waals surface area contributed by atoms with Gasteiger partial charge in [0, 0.05) is 18.1 Å². The molecule has 1 fully saturated rings. The molecule has 1 heterocycles. The van der Waals surface area contributed by atoms with E-state index in [9.17, 15) is 13.2 Å². The molecule has 0 radical (unpaired) electrons. The predicted molar refractivity (Wildman–Crippen MR) is 110 cm³/mol. The summed E-state index contributed by atoms with van der Waals surface area (Å²) in [6.45, 7) is 5.11. The molecule has 0 aliphatic carbocycles. The SMILES string of the molecule is CCCCCOC1CCC(c2ccc(-c3ccc(OCC)c(F)c3F)cc2F)CO1. The Morgan fingerprint density at radius 1 is 1.00 bits per heavy atom. The number of halogens is 3. The first-order valence-electron chi connectivity index (χ1n) is 10.7. The van der Waals surface area contributed by atoms with Gasteiger partial charge in [-0.15, -0.1) is 0 Å². The van der Waals surface area contributed by atoms with Crippen LogP contribution in [0, 0.1) is 17.5 Å². The smallest absolute Gasteiger partial charge is 0.201 e. The first-order valence-corrected chi connectivity index (χ1v) is 10.7. The molecule has 1 saturated heterocycles. The first-order chi connectivity index (χ1) is 14.5. The lowest BCUT2D eigenvalue weighted by atomic mass is 9.91. The Labute approximate surface area is 176 Å². The maximum atomic E-state index is 14.8. The van der Waals surface area contributed by atoms with Crippen LogP contribution < -0.4 is 4.74 Å². The van der Waals surface area contributed by atoms with E-state index in [1.165, 1.54) is 18.2 Å². The fourth-order valence-electron chi connectivity index (χ4n) is 3.72. The van der Waals surface area contributed by atoms with E-state index in [0.29, 0.717) is 25.2 Å². The maximum Gasteiger partial charge on any atom is 0.201 e. The number of hydrogen-bond donors (Lipinski definition) is 0. The topological polar surface area (TPSA) is 27.7 Å². The van der Waals surface area contributed by atoms with Crippen molar-refractivity contribution < 1.29 is 27.4 Å². The van der Waals surface area contributed by atoms with Crippen molar-refractivity contribution in [1.29, 1.82) is 0 Å². The lowest BCUT2D eigenvalue weighted by Crippen LogP contribution is -2.27. The van der Waals surface area contributed by atoms with Crippen LogP contribution in [0.3, 0.4) is 0 Å². The Hall–Kier alpha value is -2.05. The van der Waals surface area contributed by atoms with Gasteiger partial charge in [0.15, 0.2) is 17.9 Å². The van der Waals surface area contributed by atoms with Crippen LogP contribution in [0.25, 0.3) is 11.1 Å². The molecule has 1 aliphatic heterocycles. The molecular weight excluding hydrogens is 393 g/mol. The molecule has 164 valence electrons. The zero-order valence-corrected chi connectivity index (χ0v) is 17.6. The van der Waals surface area contributed by atoms with E-state index < -0.39 is 17.5 Å². The first kappa shape index (κ1) is 22.6. The van der Waals surface area contributed by atoms with Gasteiger partial charge in [0.1, 0.15) is 5.82 Å². The van der Waals surface area contributed by atoms with Gasteiger partial charge in [0.2, 0.25) is 5.82 Å². The number of unbranched alkanes of at least 4 members (excludes halogenated alkanes) is 2. The summed E-state index contributed by atoms with van der Waals surface area (Å²) in [4.78, 5) is 0. The fourth-order valence-corrected chi connectivity index (χ4v) is 3.72. The van der Waals surface area contributed by atoms with E-state index in [0.717, 1.165) is 25.7 Å². The summed E-state index contributed by atoms with van der Waals surface area (Å²) in [7, 11) is 0. The van der Waals surface area contributed by atoms with E-state index in [4.69, 9.17) is 14.2 Å². The lowest BCUT2D eigenvalue weighted by Gasteiger charge is -2.29. The normalized spacial score (nSPS) is 19.1. The zero-order chi connectivity index (χ0) is 21.5. The molecule has 2 unspecified atom stereocenters. The van der Waals surface area contributed by atoms with E-state index in [2.05, 4.69) is 6.92 Å². The minimum Gasteiger partial charge on any atom is -0.491 e. The number of rotatable bonds is 9. The molecule has 0 aromatic heterocycles. The van der Waals surface area contributed by atoms with Crippen LogP contribution in [0.5, 0.6) is 5.75 Å². The molecule has 6 heteroatoms. The van der Waals surface area contributed by atoms with Gasteiger partial charge in [-0.3, -0.25) is 0 Å². The monoisotopic (exact) mass is 422 g/mol. The molecule has 2 aromatic carbocycles. The van der Waals surface area contributed by atoms with E-state index in [-0.39, 0.29) is 35.7 Å². The molecule has 2 aromatic rings. The molecule has 0 saturated carbocycles. The minimum absolute atomic E-state index is 0.00170. The summed E-state index contributed by atoms with van der Waals surface area (Å²) in [5.41, 5.74) is 0.807. The summed E-state index contributed by atoms with van der Waals surface area (Å²) in [5, 5.41) is 0. The van der Waals surface area contributed by atoms with Gasteiger partial charge in [-0.1, -0.05) is 31.9 Å². The Bertz CT molecular complexity index is 833. The highest BCUT2D eigenvalue weighted by Gasteiger charge is 2.26. The molecule has 30 heavy (non-hydrogen) atoms. The fraction of sp³-hybridized carbons (Fsp3) is 0.500. The largest absolute Gasteiger partial charge is 0.491 e. The van der Waals surface area contributed by atoms with Crippen molar-refractivity contribution in [3.05, 3.63) is 53.3 Å². The van der Waals surface area contributed by atoms with Crippen LogP contribution in [0.2, 0.25) is 0 Å². The molecule has 0 bridgehead atoms. The minimum atomic E-state index is -1.07. The van der Waals surface area contributed by atoms with Crippen molar-refractivity contribution >= 4 is 0 Å². The van der Waals surface area contributed by atoms with Crippen molar-refractivity contribution in [3.8, 4) is 16.9 Å². The van der Waals surface area contributed by atoms with Gasteiger partial charge >= 0.3 is 0 Å². The van der Waals surface area contributed by atoms with Gasteiger partial charge in [-0.05, 0) is 55.5 Å². The average molecular weight is 422 g/mol. The quantitative estimate of drug-likeness (QED) is 0.426. The zero-order valence-electron chi connectivity index (χ0n) is 17.6. The standard InChI is InChI=1S/C24H29F3O3/c1-3-5-6-13-29-22-12-8-17(15-30-22)18-9-7-16(14-20(18)25)19-10-11-21(28-4-2)24(27)23(19)26/h7,9-11,14,17,22H,3-6,8,12-13,15H2,1-2H3. The predicted octanol–water partition coefficient (Wildman–Crippen LogP) is 6.60. The second kappa shape index (κ2) is 10.8. The number of hydrogen-bond acceptors (Lipinski definition) is 3. The van der Waals surface area contributed by atoms with E-state index >= 15 is 0 Å². The van der Waals surface area contributed by atoms with Crippen molar-refractivity contribution in [1.82, 2.24) is 0 Å². The van der Waals surface area contributed by atoms with Gasteiger partial charge in [-0.2, -0.15) is 4.39 Å². The third kappa shape index (κ3) is 5.35. The van der Waals surface area contributed by atoms with Crippen molar-refractivity contribution in [2.24, 2.45) is 0 Å². The van der Waals surface area contributed by atoms with Crippen molar-refractivity contribution in [2.45, 2.75) is 58.2 Å². The van der Waals surface area contributed by atoms with Crippen LogP contribution >= 0.6 is 0 Å². The third-order valence-corrected chi connectivity index (χ3v) is 5.38. The van der Waals surface area contributed by atoms with Crippen LogP contribution in [0.4, 0.5) is 13.2 Å². The van der Waals surface area contributed by atoms with Crippen molar-refractivity contribution in [2.75, 3.05) is 19.8 Å². The lowest BCUT2D eigenvalue weighted by molar-refractivity contribution is -0.167. The molecule has 1 aliphatic rings. The maximum absolute atomic E-state index is 14.8. The molecule has 3 nitrogen and oxygen atoms in total. The summed E-state index contributed by atoms with van der Waals surface area (Å²) in [5.74, 6) is -2.79. The van der Waals surface area contributed by atoms with Crippen LogP contribution in [-0.2, 0) is 9.47 Å².